The molecule has 1 saturated carbocycles. The number of hydrogen-bond acceptors (Lipinski definition) is 4. The Morgan fingerprint density at radius 1 is 1.42 bits per heavy atom. The minimum atomic E-state index is -0.901. The molecule has 0 saturated heterocycles. The maximum absolute atomic E-state index is 12.4. The molecule has 1 fully saturated rings. The largest absolute Gasteiger partial charge is 0.481 e. The molecule has 8 nitrogen and oxygen atoms in total. The van der Waals surface area contributed by atoms with E-state index in [2.05, 4.69) is 10.4 Å². The summed E-state index contributed by atoms with van der Waals surface area (Å²) in [4.78, 5) is 36.0. The van der Waals surface area contributed by atoms with E-state index in [1.165, 1.54) is 4.40 Å². The Hall–Kier alpha value is -2.64. The van der Waals surface area contributed by atoms with Crippen LogP contribution in [0, 0.1) is 5.92 Å². The number of aromatic nitrogens is 3. The number of fused-ring (bicyclic) bond motifs is 1. The number of amides is 1. The van der Waals surface area contributed by atoms with Crippen molar-refractivity contribution in [3.05, 3.63) is 34.9 Å². The average molecular weight is 332 g/mol. The van der Waals surface area contributed by atoms with Gasteiger partial charge in [-0.3, -0.25) is 14.0 Å². The fourth-order valence-corrected chi connectivity index (χ4v) is 3.44. The van der Waals surface area contributed by atoms with Crippen LogP contribution in [0.2, 0.25) is 0 Å². The molecule has 0 aliphatic heterocycles. The highest BCUT2D eigenvalue weighted by molar-refractivity contribution is 5.79. The van der Waals surface area contributed by atoms with Crippen molar-refractivity contribution in [1.82, 2.24) is 19.5 Å². The highest BCUT2D eigenvalue weighted by Gasteiger charge is 2.42. The molecule has 2 aromatic heterocycles. The second kappa shape index (κ2) is 6.10. The molecule has 1 amide bonds. The number of nitrogens with one attached hydrogen (secondary N) is 1. The van der Waals surface area contributed by atoms with E-state index >= 15 is 0 Å². The predicted molar refractivity (Wildman–Crippen MR) is 85.6 cm³/mol. The molecule has 8 heteroatoms. The normalized spacial score (nSPS) is 24.0. The molecule has 3 rings (SSSR count). The second-order valence-corrected chi connectivity index (χ2v) is 6.47. The van der Waals surface area contributed by atoms with Gasteiger partial charge in [0, 0.05) is 6.20 Å². The van der Waals surface area contributed by atoms with Crippen molar-refractivity contribution in [1.29, 1.82) is 0 Å². The zero-order valence-corrected chi connectivity index (χ0v) is 13.4. The third kappa shape index (κ3) is 2.91. The molecule has 128 valence electrons. The van der Waals surface area contributed by atoms with Crippen molar-refractivity contribution >= 4 is 17.5 Å². The summed E-state index contributed by atoms with van der Waals surface area (Å²) in [7, 11) is 0. The fourth-order valence-electron chi connectivity index (χ4n) is 3.44. The van der Waals surface area contributed by atoms with Gasteiger partial charge in [0.05, 0.1) is 11.5 Å². The Balaban J connectivity index is 1.78. The van der Waals surface area contributed by atoms with Gasteiger partial charge in [0.2, 0.25) is 5.91 Å². The van der Waals surface area contributed by atoms with Gasteiger partial charge in [-0.2, -0.15) is 0 Å². The van der Waals surface area contributed by atoms with E-state index < -0.39 is 29.0 Å². The minimum absolute atomic E-state index is 0.234. The van der Waals surface area contributed by atoms with Gasteiger partial charge in [0.15, 0.2) is 5.65 Å². The van der Waals surface area contributed by atoms with Gasteiger partial charge in [-0.25, -0.2) is 9.48 Å². The predicted octanol–water partition coefficient (Wildman–Crippen LogP) is 0.646. The molecule has 1 aliphatic rings. The first-order valence-electron chi connectivity index (χ1n) is 7.99. The lowest BCUT2D eigenvalue weighted by atomic mass is 9.74. The summed E-state index contributed by atoms with van der Waals surface area (Å²) >= 11 is 0. The summed E-state index contributed by atoms with van der Waals surface area (Å²) in [6.45, 7) is 1.53. The van der Waals surface area contributed by atoms with Crippen molar-refractivity contribution in [2.75, 3.05) is 0 Å². The third-order valence-electron chi connectivity index (χ3n) is 4.71. The molecule has 2 unspecified atom stereocenters. The first-order chi connectivity index (χ1) is 11.4. The fraction of sp³-hybridized carbons (Fsp3) is 0.500. The third-order valence-corrected chi connectivity index (χ3v) is 4.71. The Morgan fingerprint density at radius 3 is 2.92 bits per heavy atom. The maximum Gasteiger partial charge on any atom is 0.350 e. The first-order valence-corrected chi connectivity index (χ1v) is 7.99. The maximum atomic E-state index is 12.4. The van der Waals surface area contributed by atoms with Gasteiger partial charge < -0.3 is 10.4 Å². The molecule has 0 aromatic carbocycles. The number of aliphatic carboxylic acids is 1. The number of pyridine rings is 1. The molecule has 2 heterocycles. The lowest BCUT2D eigenvalue weighted by molar-refractivity contribution is -0.146. The van der Waals surface area contributed by atoms with Crippen LogP contribution in [0.3, 0.4) is 0 Å². The molecule has 2 N–H and O–H groups in total. The Kier molecular flexibility index (Phi) is 4.13. The lowest BCUT2D eigenvalue weighted by Gasteiger charge is -2.39. The van der Waals surface area contributed by atoms with E-state index in [1.807, 2.05) is 0 Å². The summed E-state index contributed by atoms with van der Waals surface area (Å²) in [6.07, 6.45) is 4.45. The average Bonchev–Trinajstić information content (AvgIpc) is 2.83. The van der Waals surface area contributed by atoms with E-state index in [4.69, 9.17) is 0 Å². The van der Waals surface area contributed by atoms with Gasteiger partial charge in [0.25, 0.3) is 0 Å². The monoisotopic (exact) mass is 332 g/mol. The number of carbonyl (C=O) groups excluding carboxylic acids is 1. The van der Waals surface area contributed by atoms with E-state index in [0.717, 1.165) is 17.5 Å². The first kappa shape index (κ1) is 16.2. The second-order valence-electron chi connectivity index (χ2n) is 6.47. The van der Waals surface area contributed by atoms with Crippen LogP contribution in [-0.2, 0) is 16.1 Å². The zero-order valence-electron chi connectivity index (χ0n) is 13.4. The van der Waals surface area contributed by atoms with E-state index in [1.54, 1.807) is 31.3 Å². The number of nitrogens with zero attached hydrogens (tertiary/aromatic N) is 3. The zero-order chi connectivity index (χ0) is 17.3. The summed E-state index contributed by atoms with van der Waals surface area (Å²) in [5.41, 5.74) is -0.740. The standard InChI is InChI=1S/C16H20N4O4/c1-16(8-4-2-6-11(16)14(22)23)17-13(21)10-20-15(24)19-9-5-3-7-12(19)18-20/h3,5,7,9,11H,2,4,6,8,10H2,1H3,(H,17,21)(H,22,23). The molecular formula is C16H20N4O4. The molecular weight excluding hydrogens is 312 g/mol. The Bertz CT molecular complexity index is 840. The van der Waals surface area contributed by atoms with Crippen LogP contribution in [0.1, 0.15) is 32.6 Å². The van der Waals surface area contributed by atoms with Crippen LogP contribution in [0.5, 0.6) is 0 Å². The van der Waals surface area contributed by atoms with Crippen LogP contribution in [0.25, 0.3) is 5.65 Å². The van der Waals surface area contributed by atoms with Crippen LogP contribution in [0.4, 0.5) is 0 Å². The lowest BCUT2D eigenvalue weighted by Crippen LogP contribution is -2.56. The molecule has 2 atom stereocenters. The van der Waals surface area contributed by atoms with Crippen molar-refractivity contribution in [3.63, 3.8) is 0 Å². The van der Waals surface area contributed by atoms with Crippen molar-refractivity contribution in [3.8, 4) is 0 Å². The summed E-state index contributed by atoms with van der Waals surface area (Å²) in [5.74, 6) is -1.92. The minimum Gasteiger partial charge on any atom is -0.481 e. The van der Waals surface area contributed by atoms with E-state index in [-0.39, 0.29) is 6.54 Å². The number of rotatable bonds is 4. The van der Waals surface area contributed by atoms with Crippen molar-refractivity contribution < 1.29 is 14.7 Å². The molecule has 0 bridgehead atoms. The van der Waals surface area contributed by atoms with E-state index in [9.17, 15) is 19.5 Å². The Morgan fingerprint density at radius 2 is 2.21 bits per heavy atom. The van der Waals surface area contributed by atoms with Gasteiger partial charge in [0.1, 0.15) is 6.54 Å². The topological polar surface area (TPSA) is 106 Å². The van der Waals surface area contributed by atoms with Crippen molar-refractivity contribution in [2.24, 2.45) is 5.92 Å². The van der Waals surface area contributed by atoms with Gasteiger partial charge in [-0.05, 0) is 31.9 Å². The highest BCUT2D eigenvalue weighted by Crippen LogP contribution is 2.33. The number of carboxylic acid groups (broad SMARTS) is 1. The summed E-state index contributed by atoms with van der Waals surface area (Å²) < 4.78 is 2.45. The van der Waals surface area contributed by atoms with Crippen LogP contribution in [-0.4, -0.2) is 36.7 Å². The number of hydrogen-bond donors (Lipinski definition) is 2. The molecule has 0 spiro atoms. The van der Waals surface area contributed by atoms with E-state index in [0.29, 0.717) is 18.5 Å². The van der Waals surface area contributed by atoms with Crippen molar-refractivity contribution in [2.45, 2.75) is 44.7 Å². The molecule has 0 radical (unpaired) electrons. The number of carboxylic acids is 1. The smallest absolute Gasteiger partial charge is 0.350 e. The quantitative estimate of drug-likeness (QED) is 0.855. The summed E-state index contributed by atoms with van der Waals surface area (Å²) in [5, 5.41) is 16.3. The van der Waals surface area contributed by atoms with Crippen LogP contribution >= 0.6 is 0 Å². The van der Waals surface area contributed by atoms with Gasteiger partial charge in [-0.1, -0.05) is 18.9 Å². The molecule has 2 aromatic rings. The highest BCUT2D eigenvalue weighted by atomic mass is 16.4. The van der Waals surface area contributed by atoms with Crippen LogP contribution in [0.15, 0.2) is 29.2 Å². The molecule has 24 heavy (non-hydrogen) atoms. The Labute approximate surface area is 138 Å². The van der Waals surface area contributed by atoms with Gasteiger partial charge in [-0.15, -0.1) is 5.10 Å². The molecule has 1 aliphatic carbocycles. The SMILES string of the molecule is CC1(NC(=O)Cn2nc3ccccn3c2=O)CCCCC1C(=O)O. The number of carbonyl (C=O) groups is 2. The van der Waals surface area contributed by atoms with Crippen LogP contribution < -0.4 is 11.0 Å². The summed E-state index contributed by atoms with van der Waals surface area (Å²) in [6, 6.07) is 5.15. The van der Waals surface area contributed by atoms with Gasteiger partial charge >= 0.3 is 11.7 Å².